The van der Waals surface area contributed by atoms with E-state index in [0.29, 0.717) is 12.3 Å². The highest BCUT2D eigenvalue weighted by Crippen LogP contribution is 2.24. The fourth-order valence-electron chi connectivity index (χ4n) is 1.06. The molecule has 0 spiro atoms. The van der Waals surface area contributed by atoms with Crippen molar-refractivity contribution in [3.05, 3.63) is 15.6 Å². The van der Waals surface area contributed by atoms with Crippen molar-refractivity contribution in [3.63, 3.8) is 0 Å². The summed E-state index contributed by atoms with van der Waals surface area (Å²) < 4.78 is 4.62. The number of nitrogens with zero attached hydrogens (tertiary/aromatic N) is 1. The van der Waals surface area contributed by atoms with Gasteiger partial charge in [0.25, 0.3) is 0 Å². The molecule has 0 N–H and O–H groups in total. The summed E-state index contributed by atoms with van der Waals surface area (Å²) in [6.45, 7) is 6.13. The third-order valence-electron chi connectivity index (χ3n) is 1.94. The van der Waals surface area contributed by atoms with Gasteiger partial charge in [-0.2, -0.15) is 0 Å². The summed E-state index contributed by atoms with van der Waals surface area (Å²) in [5, 5.41) is 1.08. The molecule has 0 fully saturated rings. The Bertz CT molecular complexity index is 331. The number of hydrogen-bond donors (Lipinski definition) is 0. The normalized spacial score (nSPS) is 10.6. The zero-order valence-electron chi connectivity index (χ0n) is 8.96. The molecule has 0 saturated carbocycles. The highest BCUT2D eigenvalue weighted by atomic mass is 32.1. The Balaban J connectivity index is 2.82. The number of hydrogen-bond acceptors (Lipinski definition) is 4. The Morgan fingerprint density at radius 2 is 2.21 bits per heavy atom. The van der Waals surface area contributed by atoms with Crippen LogP contribution in [0.15, 0.2) is 0 Å². The van der Waals surface area contributed by atoms with Crippen LogP contribution < -0.4 is 0 Å². The minimum atomic E-state index is -0.202. The number of carbonyl (C=O) groups excluding carboxylic acids is 1. The van der Waals surface area contributed by atoms with E-state index in [-0.39, 0.29) is 5.97 Å². The van der Waals surface area contributed by atoms with E-state index >= 15 is 0 Å². The van der Waals surface area contributed by atoms with Crippen LogP contribution in [0.1, 0.15) is 35.3 Å². The minimum absolute atomic E-state index is 0.202. The molecular weight excluding hydrogens is 198 g/mol. The molecule has 3 nitrogen and oxygen atoms in total. The standard InChI is InChI=1S/C10H15NO2S/c1-6(2)10-11-7(3)8(14-10)5-9(12)13-4/h6H,5H2,1-4H3. The summed E-state index contributed by atoms with van der Waals surface area (Å²) in [5.74, 6) is 0.220. The van der Waals surface area contributed by atoms with Crippen molar-refractivity contribution < 1.29 is 9.53 Å². The van der Waals surface area contributed by atoms with Crippen molar-refractivity contribution in [3.8, 4) is 0 Å². The Labute approximate surface area is 88.1 Å². The fraction of sp³-hybridized carbons (Fsp3) is 0.600. The minimum Gasteiger partial charge on any atom is -0.469 e. The van der Waals surface area contributed by atoms with Crippen LogP contribution in [-0.2, 0) is 16.0 Å². The van der Waals surface area contributed by atoms with Gasteiger partial charge in [-0.05, 0) is 6.92 Å². The van der Waals surface area contributed by atoms with Gasteiger partial charge in [-0.25, -0.2) is 4.98 Å². The van der Waals surface area contributed by atoms with Crippen LogP contribution >= 0.6 is 11.3 Å². The van der Waals surface area contributed by atoms with Crippen LogP contribution in [-0.4, -0.2) is 18.1 Å². The van der Waals surface area contributed by atoms with E-state index in [1.807, 2.05) is 6.92 Å². The fourth-order valence-corrected chi connectivity index (χ4v) is 2.12. The lowest BCUT2D eigenvalue weighted by atomic mass is 10.2. The second-order valence-electron chi connectivity index (χ2n) is 3.47. The van der Waals surface area contributed by atoms with Gasteiger partial charge in [-0.1, -0.05) is 13.8 Å². The third kappa shape index (κ3) is 2.54. The number of ether oxygens (including phenoxy) is 1. The molecule has 78 valence electrons. The summed E-state index contributed by atoms with van der Waals surface area (Å²) in [5.41, 5.74) is 0.948. The van der Waals surface area contributed by atoms with Crippen molar-refractivity contribution in [1.82, 2.24) is 4.98 Å². The Morgan fingerprint density at radius 3 is 2.64 bits per heavy atom. The molecule has 14 heavy (non-hydrogen) atoms. The molecule has 1 rings (SSSR count). The van der Waals surface area contributed by atoms with Crippen molar-refractivity contribution in [2.75, 3.05) is 7.11 Å². The Kier molecular flexibility index (Phi) is 3.63. The van der Waals surface area contributed by atoms with E-state index in [4.69, 9.17) is 0 Å². The second kappa shape index (κ2) is 4.55. The summed E-state index contributed by atoms with van der Waals surface area (Å²) in [4.78, 5) is 16.5. The predicted molar refractivity (Wildman–Crippen MR) is 56.7 cm³/mol. The number of aromatic nitrogens is 1. The molecule has 0 radical (unpaired) electrons. The number of esters is 1. The van der Waals surface area contributed by atoms with E-state index in [1.54, 1.807) is 11.3 Å². The number of thiazole rings is 1. The SMILES string of the molecule is COC(=O)Cc1sc(C(C)C)nc1C. The van der Waals surface area contributed by atoms with Crippen LogP contribution in [0, 0.1) is 6.92 Å². The first-order chi connectivity index (χ1) is 6.54. The first kappa shape index (κ1) is 11.2. The van der Waals surface area contributed by atoms with Gasteiger partial charge in [-0.15, -0.1) is 11.3 Å². The molecule has 0 aliphatic rings. The van der Waals surface area contributed by atoms with Gasteiger partial charge >= 0.3 is 5.97 Å². The average Bonchev–Trinajstić information content (AvgIpc) is 2.48. The van der Waals surface area contributed by atoms with Gasteiger partial charge in [-0.3, -0.25) is 4.79 Å². The van der Waals surface area contributed by atoms with E-state index < -0.39 is 0 Å². The van der Waals surface area contributed by atoms with Gasteiger partial charge in [0.1, 0.15) is 0 Å². The maximum absolute atomic E-state index is 11.1. The lowest BCUT2D eigenvalue weighted by molar-refractivity contribution is -0.139. The molecule has 0 aliphatic heterocycles. The van der Waals surface area contributed by atoms with Gasteiger partial charge in [0, 0.05) is 10.8 Å². The van der Waals surface area contributed by atoms with Crippen molar-refractivity contribution in [2.45, 2.75) is 33.1 Å². The molecule has 1 aromatic rings. The van der Waals surface area contributed by atoms with E-state index in [2.05, 4.69) is 23.6 Å². The molecule has 0 unspecified atom stereocenters. The molecule has 1 heterocycles. The molecule has 1 aromatic heterocycles. The van der Waals surface area contributed by atoms with Crippen LogP contribution in [0.4, 0.5) is 0 Å². The average molecular weight is 213 g/mol. The second-order valence-corrected chi connectivity index (χ2v) is 4.58. The number of rotatable bonds is 3. The zero-order valence-corrected chi connectivity index (χ0v) is 9.77. The molecule has 4 heteroatoms. The van der Waals surface area contributed by atoms with Gasteiger partial charge < -0.3 is 4.74 Å². The predicted octanol–water partition coefficient (Wildman–Crippen LogP) is 2.29. The molecule has 0 aliphatic carbocycles. The number of aryl methyl sites for hydroxylation is 1. The van der Waals surface area contributed by atoms with Crippen LogP contribution in [0.5, 0.6) is 0 Å². The van der Waals surface area contributed by atoms with E-state index in [0.717, 1.165) is 15.6 Å². The third-order valence-corrected chi connectivity index (χ3v) is 3.39. The maximum Gasteiger partial charge on any atom is 0.310 e. The Hall–Kier alpha value is -0.900. The van der Waals surface area contributed by atoms with Gasteiger partial charge in [0.15, 0.2) is 0 Å². The van der Waals surface area contributed by atoms with Gasteiger partial charge in [0.05, 0.1) is 24.2 Å². The van der Waals surface area contributed by atoms with Gasteiger partial charge in [0.2, 0.25) is 0 Å². The Morgan fingerprint density at radius 1 is 1.57 bits per heavy atom. The molecule has 0 bridgehead atoms. The van der Waals surface area contributed by atoms with Crippen molar-refractivity contribution >= 4 is 17.3 Å². The molecule has 0 atom stereocenters. The largest absolute Gasteiger partial charge is 0.469 e. The number of methoxy groups -OCH3 is 1. The van der Waals surface area contributed by atoms with E-state index in [1.165, 1.54) is 7.11 Å². The molecule has 0 amide bonds. The van der Waals surface area contributed by atoms with Crippen molar-refractivity contribution in [2.24, 2.45) is 0 Å². The first-order valence-corrected chi connectivity index (χ1v) is 5.39. The summed E-state index contributed by atoms with van der Waals surface area (Å²) in [6, 6.07) is 0. The quantitative estimate of drug-likeness (QED) is 0.723. The highest BCUT2D eigenvalue weighted by Gasteiger charge is 2.13. The zero-order chi connectivity index (χ0) is 10.7. The summed E-state index contributed by atoms with van der Waals surface area (Å²) in [6.07, 6.45) is 0.340. The first-order valence-electron chi connectivity index (χ1n) is 4.57. The summed E-state index contributed by atoms with van der Waals surface area (Å²) in [7, 11) is 1.40. The molecular formula is C10H15NO2S. The molecule has 0 saturated heterocycles. The maximum atomic E-state index is 11.1. The molecule has 0 aromatic carbocycles. The number of carbonyl (C=O) groups is 1. The summed E-state index contributed by atoms with van der Waals surface area (Å²) >= 11 is 1.60. The lowest BCUT2D eigenvalue weighted by Gasteiger charge is -1.96. The van der Waals surface area contributed by atoms with Crippen LogP contribution in [0.2, 0.25) is 0 Å². The topological polar surface area (TPSA) is 39.2 Å². The van der Waals surface area contributed by atoms with Crippen LogP contribution in [0.25, 0.3) is 0 Å². The highest BCUT2D eigenvalue weighted by molar-refractivity contribution is 7.11. The van der Waals surface area contributed by atoms with Crippen molar-refractivity contribution in [1.29, 1.82) is 0 Å². The monoisotopic (exact) mass is 213 g/mol. The van der Waals surface area contributed by atoms with Crippen LogP contribution in [0.3, 0.4) is 0 Å². The lowest BCUT2D eigenvalue weighted by Crippen LogP contribution is -2.03. The smallest absolute Gasteiger partial charge is 0.310 e. The van der Waals surface area contributed by atoms with E-state index in [9.17, 15) is 4.79 Å².